The van der Waals surface area contributed by atoms with Crippen LogP contribution in [0.5, 0.6) is 0 Å². The van der Waals surface area contributed by atoms with Gasteiger partial charge >= 0.3 is 5.97 Å². The largest absolute Gasteiger partial charge is 0.481 e. The molecule has 5 nitrogen and oxygen atoms in total. The molecule has 6 heteroatoms. The number of nitriles is 1. The molecule has 0 radical (unpaired) electrons. The molecule has 1 aromatic heterocycles. The minimum absolute atomic E-state index is 0.205. The number of thiophene rings is 1. The van der Waals surface area contributed by atoms with Gasteiger partial charge in [-0.25, -0.2) is 0 Å². The van der Waals surface area contributed by atoms with Gasteiger partial charge in [0.2, 0.25) is 5.91 Å². The molecule has 0 spiro atoms. The van der Waals surface area contributed by atoms with Gasteiger partial charge in [-0.05, 0) is 62.8 Å². The summed E-state index contributed by atoms with van der Waals surface area (Å²) in [4.78, 5) is 26.0. The van der Waals surface area contributed by atoms with E-state index in [-0.39, 0.29) is 11.3 Å². The lowest BCUT2D eigenvalue weighted by Crippen LogP contribution is -2.36. The predicted octanol–water partition coefficient (Wildman–Crippen LogP) is 5.16. The van der Waals surface area contributed by atoms with E-state index in [1.54, 1.807) is 0 Å². The highest BCUT2D eigenvalue weighted by Crippen LogP contribution is 2.44. The van der Waals surface area contributed by atoms with Crippen molar-refractivity contribution in [3.05, 3.63) is 27.2 Å². The molecule has 0 aromatic carbocycles. The van der Waals surface area contributed by atoms with E-state index < -0.39 is 17.8 Å². The maximum absolute atomic E-state index is 13.0. The number of hydrogen-bond donors (Lipinski definition) is 2. The second-order valence-corrected chi connectivity index (χ2v) is 10.7. The molecule has 156 valence electrons. The number of aliphatic carboxylic acids is 1. The van der Waals surface area contributed by atoms with E-state index in [2.05, 4.69) is 32.2 Å². The first-order chi connectivity index (χ1) is 13.5. The zero-order valence-electron chi connectivity index (χ0n) is 17.9. The number of carboxylic acids is 1. The number of carbonyl (C=O) groups is 2. The molecule has 3 atom stereocenters. The average Bonchev–Trinajstić information content (AvgIpc) is 2.98. The zero-order valence-corrected chi connectivity index (χ0v) is 18.7. The first-order valence-corrected chi connectivity index (χ1v) is 11.1. The first kappa shape index (κ1) is 21.6. The van der Waals surface area contributed by atoms with Crippen molar-refractivity contribution in [1.82, 2.24) is 0 Å². The van der Waals surface area contributed by atoms with Crippen molar-refractivity contribution in [1.29, 1.82) is 5.26 Å². The van der Waals surface area contributed by atoms with Crippen LogP contribution in [-0.2, 0) is 22.4 Å². The van der Waals surface area contributed by atoms with Gasteiger partial charge in [0.15, 0.2) is 0 Å². The molecule has 1 heterocycles. The monoisotopic (exact) mass is 414 g/mol. The summed E-state index contributed by atoms with van der Waals surface area (Å²) in [6.07, 6.45) is 3.68. The van der Waals surface area contributed by atoms with Crippen molar-refractivity contribution < 1.29 is 14.7 Å². The summed E-state index contributed by atoms with van der Waals surface area (Å²) in [7, 11) is 0. The van der Waals surface area contributed by atoms with Crippen LogP contribution in [0.25, 0.3) is 0 Å². The van der Waals surface area contributed by atoms with Gasteiger partial charge in [0, 0.05) is 4.88 Å². The second-order valence-electron chi connectivity index (χ2n) is 9.63. The van der Waals surface area contributed by atoms with E-state index >= 15 is 0 Å². The number of carbonyl (C=O) groups excluding carboxylic acids is 1. The number of nitrogens with zero attached hydrogens (tertiary/aromatic N) is 1. The molecule has 0 saturated carbocycles. The van der Waals surface area contributed by atoms with Crippen molar-refractivity contribution in [3.63, 3.8) is 0 Å². The Hall–Kier alpha value is -2.13. The summed E-state index contributed by atoms with van der Waals surface area (Å²) in [6, 6.07) is 2.29. The Morgan fingerprint density at radius 1 is 1.14 bits per heavy atom. The maximum Gasteiger partial charge on any atom is 0.307 e. The second kappa shape index (κ2) is 7.95. The van der Waals surface area contributed by atoms with Crippen LogP contribution in [0.1, 0.15) is 69.9 Å². The molecule has 2 N–H and O–H groups in total. The zero-order chi connectivity index (χ0) is 21.5. The molecule has 2 aliphatic rings. The summed E-state index contributed by atoms with van der Waals surface area (Å²) in [5.41, 5.74) is 3.98. The molecule has 0 fully saturated rings. The smallest absolute Gasteiger partial charge is 0.307 e. The molecule has 0 bridgehead atoms. The van der Waals surface area contributed by atoms with E-state index in [1.165, 1.54) is 16.2 Å². The lowest BCUT2D eigenvalue weighted by molar-refractivity contribution is -0.146. The summed E-state index contributed by atoms with van der Waals surface area (Å²) in [5, 5.41) is 22.9. The van der Waals surface area contributed by atoms with Crippen LogP contribution in [0.3, 0.4) is 0 Å². The third-order valence-corrected chi connectivity index (χ3v) is 7.93. The summed E-state index contributed by atoms with van der Waals surface area (Å²) in [5.74, 6) is -2.00. The van der Waals surface area contributed by atoms with Crippen LogP contribution in [0, 0.1) is 34.5 Å². The predicted molar refractivity (Wildman–Crippen MR) is 115 cm³/mol. The Kier molecular flexibility index (Phi) is 5.91. The van der Waals surface area contributed by atoms with Gasteiger partial charge in [0.1, 0.15) is 11.1 Å². The van der Waals surface area contributed by atoms with Crippen LogP contribution >= 0.6 is 11.3 Å². The molecule has 3 rings (SSSR count). The third kappa shape index (κ3) is 4.25. The minimum atomic E-state index is -0.934. The normalized spacial score (nSPS) is 24.6. The van der Waals surface area contributed by atoms with E-state index in [4.69, 9.17) is 0 Å². The topological polar surface area (TPSA) is 90.2 Å². The molecule has 1 amide bonds. The maximum atomic E-state index is 13.0. The van der Waals surface area contributed by atoms with Crippen molar-refractivity contribution in [2.24, 2.45) is 23.2 Å². The molecular formula is C23H30N2O3S. The van der Waals surface area contributed by atoms with Crippen LogP contribution in [-0.4, -0.2) is 17.0 Å². The molecular weight excluding hydrogens is 384 g/mol. The lowest BCUT2D eigenvalue weighted by Gasteiger charge is -2.33. The molecule has 0 aliphatic heterocycles. The van der Waals surface area contributed by atoms with Gasteiger partial charge in [-0.15, -0.1) is 11.3 Å². The fraction of sp³-hybridized carbons (Fsp3) is 0.609. The number of allylic oxidation sites excluding steroid dienone is 2. The van der Waals surface area contributed by atoms with Crippen molar-refractivity contribution >= 4 is 28.2 Å². The van der Waals surface area contributed by atoms with Gasteiger partial charge in [-0.3, -0.25) is 9.59 Å². The minimum Gasteiger partial charge on any atom is -0.481 e. The number of rotatable bonds is 3. The standard InChI is InChI=1S/C23H30N2O3S/c1-12-8-16(17(22(27)28)9-13(12)2)20(26)25-21-18(11-24)15-7-6-14(23(3,4)5)10-19(15)29-21/h14,16-17H,6-10H2,1-5H3,(H,25,26)(H,27,28)/t14-,16+,17-/m1/s1. The third-order valence-electron chi connectivity index (χ3n) is 6.76. The van der Waals surface area contributed by atoms with E-state index in [9.17, 15) is 20.0 Å². The Morgan fingerprint density at radius 2 is 1.76 bits per heavy atom. The highest BCUT2D eigenvalue weighted by Gasteiger charge is 2.38. The quantitative estimate of drug-likeness (QED) is 0.669. The lowest BCUT2D eigenvalue weighted by atomic mass is 9.72. The highest BCUT2D eigenvalue weighted by atomic mass is 32.1. The number of anilines is 1. The summed E-state index contributed by atoms with van der Waals surface area (Å²) in [6.45, 7) is 10.6. The van der Waals surface area contributed by atoms with E-state index in [1.807, 2.05) is 13.8 Å². The molecule has 29 heavy (non-hydrogen) atoms. The number of carboxylic acid groups (broad SMARTS) is 1. The average molecular weight is 415 g/mol. The Balaban J connectivity index is 1.85. The van der Waals surface area contributed by atoms with Crippen LogP contribution < -0.4 is 5.32 Å². The number of fused-ring (bicyclic) bond motifs is 1. The molecule has 2 aliphatic carbocycles. The molecule has 0 unspecified atom stereocenters. The van der Waals surface area contributed by atoms with Gasteiger partial charge in [-0.1, -0.05) is 31.9 Å². The fourth-order valence-electron chi connectivity index (χ4n) is 4.56. The van der Waals surface area contributed by atoms with Gasteiger partial charge in [-0.2, -0.15) is 5.26 Å². The number of nitrogens with one attached hydrogen (secondary N) is 1. The highest BCUT2D eigenvalue weighted by molar-refractivity contribution is 7.16. The van der Waals surface area contributed by atoms with Gasteiger partial charge in [0.05, 0.1) is 17.4 Å². The van der Waals surface area contributed by atoms with Crippen molar-refractivity contribution in [2.75, 3.05) is 5.32 Å². The Labute approximate surface area is 176 Å². The Morgan fingerprint density at radius 3 is 2.31 bits per heavy atom. The number of hydrogen-bond acceptors (Lipinski definition) is 4. The van der Waals surface area contributed by atoms with E-state index in [0.29, 0.717) is 29.3 Å². The summed E-state index contributed by atoms with van der Waals surface area (Å²) >= 11 is 1.50. The summed E-state index contributed by atoms with van der Waals surface area (Å²) < 4.78 is 0. The molecule has 1 aromatic rings. The molecule has 0 saturated heterocycles. The van der Waals surface area contributed by atoms with Gasteiger partial charge in [0.25, 0.3) is 0 Å². The first-order valence-electron chi connectivity index (χ1n) is 10.3. The fourth-order valence-corrected chi connectivity index (χ4v) is 5.84. The van der Waals surface area contributed by atoms with Crippen LogP contribution in [0.4, 0.5) is 5.00 Å². The van der Waals surface area contributed by atoms with Crippen molar-refractivity contribution in [3.8, 4) is 6.07 Å². The van der Waals surface area contributed by atoms with Crippen LogP contribution in [0.2, 0.25) is 0 Å². The Bertz CT molecular complexity index is 914. The SMILES string of the molecule is CC1=C(C)C[C@@H](C(=O)O)[C@@H](C(=O)Nc2sc3c(c2C#N)CC[C@@H](C(C)(C)C)C3)C1. The van der Waals surface area contributed by atoms with E-state index in [0.717, 1.165) is 36.0 Å². The van der Waals surface area contributed by atoms with Gasteiger partial charge < -0.3 is 10.4 Å². The van der Waals surface area contributed by atoms with Crippen molar-refractivity contribution in [2.45, 2.75) is 66.7 Å². The number of amides is 1. The van der Waals surface area contributed by atoms with Crippen LogP contribution in [0.15, 0.2) is 11.1 Å².